The van der Waals surface area contributed by atoms with Crippen LogP contribution in [0.5, 0.6) is 46.0 Å². The number of primary amides is 2. The molecule has 0 saturated heterocycles. The van der Waals surface area contributed by atoms with Gasteiger partial charge in [-0.2, -0.15) is 0 Å². The molecule has 0 bridgehead atoms. The summed E-state index contributed by atoms with van der Waals surface area (Å²) in [6.45, 7) is -1.67. The largest absolute Gasteiger partial charge is 0.508 e. The number of carbonyl (C=O) groups is 6. The van der Waals surface area contributed by atoms with E-state index in [1.807, 2.05) is 24.3 Å². The van der Waals surface area contributed by atoms with Crippen molar-refractivity contribution < 1.29 is 78.4 Å². The molecular formula is C57H65I4N5O16. The summed E-state index contributed by atoms with van der Waals surface area (Å²) >= 11 is 8.75. The number of aliphatic hydroxyl groups is 4. The van der Waals surface area contributed by atoms with E-state index in [-0.39, 0.29) is 139 Å². The molecular weight excluding hydrogens is 1520 g/mol. The Labute approximate surface area is 529 Å². The third-order valence-electron chi connectivity index (χ3n) is 12.6. The zero-order valence-corrected chi connectivity index (χ0v) is 53.2. The van der Waals surface area contributed by atoms with Gasteiger partial charge in [0, 0.05) is 58.5 Å². The average Bonchev–Trinajstić information content (AvgIpc) is 3.93. The molecule has 2 atom stereocenters. The number of carbonyl (C=O) groups excluding carboxylic acids is 6. The third-order valence-corrected chi connectivity index (χ3v) is 15.8. The number of phenolic OH excluding ortho intramolecular Hbond substituents is 2. The molecule has 82 heavy (non-hydrogen) atoms. The van der Waals surface area contributed by atoms with Crippen molar-refractivity contribution >= 4 is 126 Å². The molecule has 6 rings (SSSR count). The normalized spacial score (nSPS) is 12.1. The van der Waals surface area contributed by atoms with Gasteiger partial charge in [-0.3, -0.25) is 28.8 Å². The lowest BCUT2D eigenvalue weighted by atomic mass is 9.95. The van der Waals surface area contributed by atoms with E-state index in [1.165, 1.54) is 14.7 Å². The molecule has 1 aliphatic heterocycles. The van der Waals surface area contributed by atoms with E-state index < -0.39 is 17.7 Å². The molecule has 1 heterocycles. The minimum Gasteiger partial charge on any atom is -0.508 e. The van der Waals surface area contributed by atoms with Crippen molar-refractivity contribution in [2.45, 2.75) is 57.9 Å². The van der Waals surface area contributed by atoms with Gasteiger partial charge in [-0.15, -0.1) is 0 Å². The SMILES string of the molecule is NC(=O)CCC(=O)CN(CCO)C(=O)CC[C@H](CO)Cc1cc(I)c(Oc2ccc(O)cc2)c(I)c1.NC(=O)CN(Cc1ccc2c(c1)OCO2)C(=O)CN(CCO)C(=O)CC[C@H](CO)Cc1cc(I)c(Oc2ccc(O)cc2)c(I)c1. The quantitative estimate of drug-likeness (QED) is 0.0224. The number of nitrogens with two attached hydrogens (primary N) is 2. The first-order chi connectivity index (χ1) is 39.2. The maximum Gasteiger partial charge on any atom is 0.242 e. The molecule has 0 unspecified atom stereocenters. The Morgan fingerprint density at radius 1 is 0.512 bits per heavy atom. The summed E-state index contributed by atoms with van der Waals surface area (Å²) in [5.74, 6) is 0.831. The second kappa shape index (κ2) is 34.5. The third kappa shape index (κ3) is 22.4. The summed E-state index contributed by atoms with van der Waals surface area (Å²) in [4.78, 5) is 77.7. The Hall–Kier alpha value is -5.32. The van der Waals surface area contributed by atoms with Crippen LogP contribution < -0.4 is 30.4 Å². The van der Waals surface area contributed by atoms with Crippen LogP contribution in [0.1, 0.15) is 55.2 Å². The minimum absolute atomic E-state index is 0.0177. The van der Waals surface area contributed by atoms with Crippen molar-refractivity contribution in [1.29, 1.82) is 0 Å². The number of phenols is 2. The summed E-state index contributed by atoms with van der Waals surface area (Å²) in [6.07, 6.45) is 1.86. The van der Waals surface area contributed by atoms with Crippen LogP contribution in [-0.2, 0) is 48.2 Å². The van der Waals surface area contributed by atoms with Crippen molar-refractivity contribution in [2.24, 2.45) is 23.3 Å². The van der Waals surface area contributed by atoms with Crippen LogP contribution in [0.25, 0.3) is 0 Å². The fraction of sp³-hybridized carbons (Fsp3) is 0.368. The first-order valence-corrected chi connectivity index (χ1v) is 30.1. The molecule has 5 aromatic carbocycles. The van der Waals surface area contributed by atoms with Gasteiger partial charge in [0.15, 0.2) is 28.8 Å². The van der Waals surface area contributed by atoms with Crippen molar-refractivity contribution in [3.05, 3.63) is 122 Å². The van der Waals surface area contributed by atoms with Gasteiger partial charge in [0.1, 0.15) is 23.0 Å². The summed E-state index contributed by atoms with van der Waals surface area (Å²) < 4.78 is 26.2. The molecule has 5 aromatic rings. The van der Waals surface area contributed by atoms with E-state index in [4.69, 9.17) is 30.4 Å². The summed E-state index contributed by atoms with van der Waals surface area (Å²) in [5, 5.41) is 57.9. The molecule has 25 heteroatoms. The number of ketones is 1. The standard InChI is InChI=1S/C32H35I2N3O9.C25H30I2N2O7/c33-25-12-22(13-26(34)32(25)46-24-5-3-23(40)4-6-24)11-21(18-39)2-8-30(42)36(9-10-38)17-31(43)37(16-29(35)41)15-20-1-7-27-28(14-20)45-19-44-27;26-21-12-17(13-22(27)25(21)36-20-5-2-18(32)3-6-20)11-16(15-31)1-8-24(35)29(9-10-30)14-19(33)4-7-23(28)34/h1,3-7,12-14,21,38-40H,2,8-11,15-19H2,(H2,35,41);2-3,5-6,12-13,16,30-32H,1,4,7-11,14-15H2,(H2,28,34)/t21-;16-/m00/s1. The van der Waals surface area contributed by atoms with Gasteiger partial charge in [0.2, 0.25) is 36.3 Å². The maximum absolute atomic E-state index is 13.3. The number of benzene rings is 5. The Bertz CT molecular complexity index is 2930. The summed E-state index contributed by atoms with van der Waals surface area (Å²) in [5.41, 5.74) is 13.1. The second-order valence-electron chi connectivity index (χ2n) is 19.0. The van der Waals surface area contributed by atoms with Gasteiger partial charge >= 0.3 is 0 Å². The van der Waals surface area contributed by atoms with E-state index in [0.717, 1.165) is 25.4 Å². The van der Waals surface area contributed by atoms with Crippen LogP contribution in [0, 0.1) is 26.1 Å². The highest BCUT2D eigenvalue weighted by Crippen LogP contribution is 2.37. The molecule has 0 saturated carbocycles. The Morgan fingerprint density at radius 2 is 0.963 bits per heavy atom. The molecule has 10 N–H and O–H groups in total. The Morgan fingerprint density at radius 3 is 1.39 bits per heavy atom. The molecule has 0 spiro atoms. The van der Waals surface area contributed by atoms with Crippen LogP contribution in [0.4, 0.5) is 0 Å². The first-order valence-electron chi connectivity index (χ1n) is 25.8. The first kappa shape index (κ1) is 67.5. The number of hydrogen-bond acceptors (Lipinski definition) is 16. The number of nitrogens with zero attached hydrogens (tertiary/aromatic N) is 3. The lowest BCUT2D eigenvalue weighted by molar-refractivity contribution is -0.142. The number of amides is 5. The lowest BCUT2D eigenvalue weighted by Crippen LogP contribution is -2.46. The Balaban J connectivity index is 0.000000310. The monoisotopic (exact) mass is 1580 g/mol. The number of ether oxygens (including phenoxy) is 4. The number of hydrogen-bond donors (Lipinski definition) is 8. The zero-order chi connectivity index (χ0) is 59.9. The summed E-state index contributed by atoms with van der Waals surface area (Å²) in [7, 11) is 0. The van der Waals surface area contributed by atoms with E-state index in [9.17, 15) is 59.4 Å². The van der Waals surface area contributed by atoms with Gasteiger partial charge in [-0.1, -0.05) is 6.07 Å². The lowest BCUT2D eigenvalue weighted by Gasteiger charge is -2.27. The van der Waals surface area contributed by atoms with E-state index >= 15 is 0 Å². The molecule has 0 fully saturated rings. The van der Waals surface area contributed by atoms with Crippen LogP contribution in [0.15, 0.2) is 91.0 Å². The number of rotatable bonds is 31. The van der Waals surface area contributed by atoms with Gasteiger partial charge in [-0.25, -0.2) is 0 Å². The molecule has 0 aromatic heterocycles. The van der Waals surface area contributed by atoms with Crippen molar-refractivity contribution in [3.8, 4) is 46.0 Å². The highest BCUT2D eigenvalue weighted by molar-refractivity contribution is 14.1. The predicted octanol–water partition coefficient (Wildman–Crippen LogP) is 6.37. The number of halogens is 4. The van der Waals surface area contributed by atoms with Gasteiger partial charge in [0.05, 0.1) is 47.1 Å². The highest BCUT2D eigenvalue weighted by atomic mass is 127. The van der Waals surface area contributed by atoms with Crippen molar-refractivity contribution in [1.82, 2.24) is 14.7 Å². The Kier molecular flexibility index (Phi) is 28.3. The number of aromatic hydroxyl groups is 2. The minimum atomic E-state index is -0.704. The average molecular weight is 1580 g/mol. The summed E-state index contributed by atoms with van der Waals surface area (Å²) in [6, 6.07) is 26.0. The fourth-order valence-corrected chi connectivity index (χ4v) is 12.6. The van der Waals surface area contributed by atoms with Gasteiger partial charge in [-0.05, 0) is 230 Å². The number of Topliss-reactive ketones (excluding diaryl/α,β-unsaturated/α-hetero) is 1. The highest BCUT2D eigenvalue weighted by Gasteiger charge is 2.26. The van der Waals surface area contributed by atoms with Crippen LogP contribution >= 0.6 is 90.4 Å². The number of aliphatic hydroxyl groups excluding tert-OH is 4. The molecule has 0 radical (unpaired) electrons. The van der Waals surface area contributed by atoms with Gasteiger partial charge < -0.3 is 75.8 Å². The molecule has 21 nitrogen and oxygen atoms in total. The van der Waals surface area contributed by atoms with E-state index in [2.05, 4.69) is 90.4 Å². The van der Waals surface area contributed by atoms with Crippen LogP contribution in [0.3, 0.4) is 0 Å². The van der Waals surface area contributed by atoms with E-state index in [1.54, 1.807) is 66.7 Å². The zero-order valence-electron chi connectivity index (χ0n) is 44.5. The van der Waals surface area contributed by atoms with E-state index in [0.29, 0.717) is 65.7 Å². The topological polar surface area (TPSA) is 322 Å². The van der Waals surface area contributed by atoms with Crippen molar-refractivity contribution in [3.63, 3.8) is 0 Å². The molecule has 0 aliphatic carbocycles. The smallest absolute Gasteiger partial charge is 0.242 e. The van der Waals surface area contributed by atoms with Gasteiger partial charge in [0.25, 0.3) is 0 Å². The van der Waals surface area contributed by atoms with Crippen LogP contribution in [-0.4, -0.2) is 147 Å². The predicted molar refractivity (Wildman–Crippen MR) is 335 cm³/mol. The second-order valence-corrected chi connectivity index (χ2v) is 23.7. The van der Waals surface area contributed by atoms with Crippen LogP contribution in [0.2, 0.25) is 0 Å². The molecule has 442 valence electrons. The van der Waals surface area contributed by atoms with Crippen molar-refractivity contribution in [2.75, 3.05) is 65.9 Å². The number of fused-ring (bicyclic) bond motifs is 1. The molecule has 5 amide bonds. The fourth-order valence-electron chi connectivity index (χ4n) is 8.40. The molecule has 1 aliphatic rings. The maximum atomic E-state index is 13.3.